The lowest BCUT2D eigenvalue weighted by Gasteiger charge is -2.04. The molecule has 1 saturated carbocycles. The van der Waals surface area contributed by atoms with Gasteiger partial charge in [0.05, 0.1) is 10.7 Å². The van der Waals surface area contributed by atoms with Crippen LogP contribution in [0.25, 0.3) is 0 Å². The van der Waals surface area contributed by atoms with Crippen LogP contribution in [-0.4, -0.2) is 17.4 Å². The fourth-order valence-electron chi connectivity index (χ4n) is 2.70. The summed E-state index contributed by atoms with van der Waals surface area (Å²) < 4.78 is 0. The minimum atomic E-state index is 0.157. The van der Waals surface area contributed by atoms with Gasteiger partial charge in [-0.3, -0.25) is 4.79 Å². The molecular formula is C18H22N2OS. The van der Waals surface area contributed by atoms with Gasteiger partial charge in [0.1, 0.15) is 0 Å². The predicted octanol–water partition coefficient (Wildman–Crippen LogP) is 3.73. The normalized spacial score (nSPS) is 20.1. The van der Waals surface area contributed by atoms with Crippen LogP contribution in [0.1, 0.15) is 48.4 Å². The maximum absolute atomic E-state index is 12.2. The first-order chi connectivity index (χ1) is 10.6. The van der Waals surface area contributed by atoms with Gasteiger partial charge in [-0.15, -0.1) is 11.3 Å². The molecular weight excluding hydrogens is 292 g/mol. The highest BCUT2D eigenvalue weighted by molar-refractivity contribution is 7.09. The van der Waals surface area contributed by atoms with Gasteiger partial charge in [0, 0.05) is 30.2 Å². The van der Waals surface area contributed by atoms with Gasteiger partial charge in [-0.05, 0) is 17.9 Å². The van der Waals surface area contributed by atoms with Crippen molar-refractivity contribution in [3.63, 3.8) is 0 Å². The molecule has 2 unspecified atom stereocenters. The third kappa shape index (κ3) is 3.55. The summed E-state index contributed by atoms with van der Waals surface area (Å²) in [5.74, 6) is 1.23. The summed E-state index contributed by atoms with van der Waals surface area (Å²) in [5, 5.41) is 6.33. The van der Waals surface area contributed by atoms with E-state index in [1.807, 2.05) is 18.2 Å². The molecule has 3 rings (SSSR count). The molecule has 1 amide bonds. The van der Waals surface area contributed by atoms with Crippen LogP contribution in [0.3, 0.4) is 0 Å². The highest BCUT2D eigenvalue weighted by Gasteiger charge is 2.43. The molecule has 1 aliphatic carbocycles. The standard InChI is InChI=1S/C18H22N2OS/c1-12(2)18-20-14(11-22-18)8-9-19-17(21)16-10-15(16)13-6-4-3-5-7-13/h3-7,11-12,15-16H,8-10H2,1-2H3,(H,19,21). The third-order valence-corrected chi connectivity index (χ3v) is 5.29. The first-order valence-electron chi connectivity index (χ1n) is 7.92. The van der Waals surface area contributed by atoms with Gasteiger partial charge in [-0.25, -0.2) is 4.98 Å². The molecule has 3 nitrogen and oxygen atoms in total. The number of rotatable bonds is 6. The summed E-state index contributed by atoms with van der Waals surface area (Å²) in [4.78, 5) is 16.8. The summed E-state index contributed by atoms with van der Waals surface area (Å²) in [6.07, 6.45) is 1.79. The molecule has 1 aliphatic rings. The zero-order valence-corrected chi connectivity index (χ0v) is 13.9. The fourth-order valence-corrected chi connectivity index (χ4v) is 3.57. The average Bonchev–Trinajstić information content (AvgIpc) is 3.19. The smallest absolute Gasteiger partial charge is 0.223 e. The van der Waals surface area contributed by atoms with Gasteiger partial charge < -0.3 is 5.32 Å². The van der Waals surface area contributed by atoms with E-state index in [-0.39, 0.29) is 11.8 Å². The van der Waals surface area contributed by atoms with E-state index in [9.17, 15) is 4.79 Å². The molecule has 1 N–H and O–H groups in total. The molecule has 2 atom stereocenters. The molecule has 1 heterocycles. The van der Waals surface area contributed by atoms with Crippen molar-refractivity contribution in [1.82, 2.24) is 10.3 Å². The molecule has 1 fully saturated rings. The number of amides is 1. The molecule has 0 saturated heterocycles. The fraction of sp³-hybridized carbons (Fsp3) is 0.444. The van der Waals surface area contributed by atoms with Gasteiger partial charge in [0.15, 0.2) is 0 Å². The first-order valence-corrected chi connectivity index (χ1v) is 8.80. The molecule has 1 aromatic carbocycles. The van der Waals surface area contributed by atoms with Crippen LogP contribution in [-0.2, 0) is 11.2 Å². The Morgan fingerprint density at radius 3 is 2.82 bits per heavy atom. The van der Waals surface area contributed by atoms with E-state index in [1.165, 1.54) is 10.6 Å². The van der Waals surface area contributed by atoms with Crippen LogP contribution in [0.5, 0.6) is 0 Å². The first kappa shape index (κ1) is 15.2. The van der Waals surface area contributed by atoms with Crippen molar-refractivity contribution in [2.45, 2.75) is 38.5 Å². The number of nitrogens with zero attached hydrogens (tertiary/aromatic N) is 1. The highest BCUT2D eigenvalue weighted by Crippen LogP contribution is 2.47. The molecule has 4 heteroatoms. The number of benzene rings is 1. The number of carbonyl (C=O) groups is 1. The van der Waals surface area contributed by atoms with Crippen LogP contribution in [0.4, 0.5) is 0 Å². The van der Waals surface area contributed by atoms with Crippen LogP contribution >= 0.6 is 11.3 Å². The lowest BCUT2D eigenvalue weighted by atomic mass is 10.1. The molecule has 0 bridgehead atoms. The van der Waals surface area contributed by atoms with Crippen LogP contribution in [0, 0.1) is 5.92 Å². The summed E-state index contributed by atoms with van der Waals surface area (Å²) in [7, 11) is 0. The van der Waals surface area contributed by atoms with E-state index < -0.39 is 0 Å². The summed E-state index contributed by atoms with van der Waals surface area (Å²) >= 11 is 1.71. The zero-order valence-electron chi connectivity index (χ0n) is 13.1. The quantitative estimate of drug-likeness (QED) is 0.883. The Labute approximate surface area is 135 Å². The molecule has 22 heavy (non-hydrogen) atoms. The summed E-state index contributed by atoms with van der Waals surface area (Å²) in [6.45, 7) is 4.99. The van der Waals surface area contributed by atoms with Crippen LogP contribution in [0.2, 0.25) is 0 Å². The number of carbonyl (C=O) groups excluding carboxylic acids is 1. The summed E-state index contributed by atoms with van der Waals surface area (Å²) in [5.41, 5.74) is 2.37. The van der Waals surface area contributed by atoms with Crippen LogP contribution < -0.4 is 5.32 Å². The highest BCUT2D eigenvalue weighted by atomic mass is 32.1. The van der Waals surface area contributed by atoms with Crippen LogP contribution in [0.15, 0.2) is 35.7 Å². The number of thiazole rings is 1. The number of hydrogen-bond acceptors (Lipinski definition) is 3. The SMILES string of the molecule is CC(C)c1nc(CCNC(=O)C2CC2c2ccccc2)cs1. The Balaban J connectivity index is 1.44. The maximum atomic E-state index is 12.2. The minimum absolute atomic E-state index is 0.157. The predicted molar refractivity (Wildman–Crippen MR) is 90.2 cm³/mol. The van der Waals surface area contributed by atoms with Gasteiger partial charge in [-0.1, -0.05) is 44.2 Å². The van der Waals surface area contributed by atoms with E-state index >= 15 is 0 Å². The Morgan fingerprint density at radius 2 is 2.14 bits per heavy atom. The lowest BCUT2D eigenvalue weighted by Crippen LogP contribution is -2.27. The van der Waals surface area contributed by atoms with Gasteiger partial charge in [0.2, 0.25) is 5.91 Å². The molecule has 116 valence electrons. The Hall–Kier alpha value is -1.68. The topological polar surface area (TPSA) is 42.0 Å². The molecule has 0 radical (unpaired) electrons. The van der Waals surface area contributed by atoms with Crippen molar-refractivity contribution >= 4 is 17.2 Å². The second-order valence-corrected chi connectivity index (χ2v) is 7.12. The lowest BCUT2D eigenvalue weighted by molar-refractivity contribution is -0.122. The van der Waals surface area contributed by atoms with Crippen molar-refractivity contribution in [3.8, 4) is 0 Å². The maximum Gasteiger partial charge on any atom is 0.223 e. The minimum Gasteiger partial charge on any atom is -0.355 e. The Morgan fingerprint density at radius 1 is 1.36 bits per heavy atom. The summed E-state index contributed by atoms with van der Waals surface area (Å²) in [6, 6.07) is 10.3. The number of hydrogen-bond donors (Lipinski definition) is 1. The molecule has 2 aromatic rings. The Bertz CT molecular complexity index is 636. The molecule has 0 aliphatic heterocycles. The second-order valence-electron chi connectivity index (χ2n) is 6.23. The van der Waals surface area contributed by atoms with Crippen molar-refractivity contribution < 1.29 is 4.79 Å². The van der Waals surface area contributed by atoms with Gasteiger partial charge in [-0.2, -0.15) is 0 Å². The Kier molecular flexibility index (Phi) is 4.57. The molecule has 1 aromatic heterocycles. The van der Waals surface area contributed by atoms with Gasteiger partial charge >= 0.3 is 0 Å². The van der Waals surface area contributed by atoms with E-state index in [0.29, 0.717) is 18.4 Å². The number of nitrogens with one attached hydrogen (secondary N) is 1. The van der Waals surface area contributed by atoms with Crippen molar-refractivity contribution in [2.24, 2.45) is 5.92 Å². The van der Waals surface area contributed by atoms with Crippen molar-refractivity contribution in [3.05, 3.63) is 52.0 Å². The largest absolute Gasteiger partial charge is 0.355 e. The van der Waals surface area contributed by atoms with Crippen molar-refractivity contribution in [1.29, 1.82) is 0 Å². The van der Waals surface area contributed by atoms with E-state index in [0.717, 1.165) is 18.5 Å². The van der Waals surface area contributed by atoms with E-state index in [4.69, 9.17) is 0 Å². The average molecular weight is 314 g/mol. The third-order valence-electron chi connectivity index (χ3n) is 4.10. The number of aromatic nitrogens is 1. The van der Waals surface area contributed by atoms with Crippen molar-refractivity contribution in [2.75, 3.05) is 6.54 Å². The van der Waals surface area contributed by atoms with E-state index in [2.05, 4.69) is 41.7 Å². The van der Waals surface area contributed by atoms with E-state index in [1.54, 1.807) is 11.3 Å². The zero-order chi connectivity index (χ0) is 15.5. The second kappa shape index (κ2) is 6.61. The molecule has 0 spiro atoms. The monoisotopic (exact) mass is 314 g/mol. The van der Waals surface area contributed by atoms with Gasteiger partial charge in [0.25, 0.3) is 0 Å².